The summed E-state index contributed by atoms with van der Waals surface area (Å²) in [5.41, 5.74) is 7.48. The van der Waals surface area contributed by atoms with E-state index >= 15 is 0 Å². The molecule has 0 amide bonds. The van der Waals surface area contributed by atoms with Crippen molar-refractivity contribution in [3.05, 3.63) is 112 Å². The molecule has 0 bridgehead atoms. The van der Waals surface area contributed by atoms with Gasteiger partial charge in [-0.1, -0.05) is 107 Å². The molecular weight excluding hydrogens is 818 g/mol. The van der Waals surface area contributed by atoms with Crippen LogP contribution in [0.3, 0.4) is 0 Å². The van der Waals surface area contributed by atoms with E-state index in [1.807, 2.05) is 30.3 Å². The number of hydrogen-bond donors (Lipinski definition) is 0. The summed E-state index contributed by atoms with van der Waals surface area (Å²) in [4.78, 5) is 13.3. The monoisotopic (exact) mass is 878 g/mol. The average molecular weight is 879 g/mol. The molecule has 0 aliphatic carbocycles. The van der Waals surface area contributed by atoms with Gasteiger partial charge in [-0.05, 0) is 95.2 Å². The highest BCUT2D eigenvalue weighted by Crippen LogP contribution is 2.55. The van der Waals surface area contributed by atoms with Crippen LogP contribution in [0.1, 0.15) is 127 Å². The van der Waals surface area contributed by atoms with E-state index in [2.05, 4.69) is 121 Å². The zero-order valence-corrected chi connectivity index (χ0v) is 40.8. The molecular formula is C51H60O9P2. The van der Waals surface area contributed by atoms with Crippen LogP contribution in [0.25, 0.3) is 33.1 Å². The summed E-state index contributed by atoms with van der Waals surface area (Å²) in [6, 6.07) is 23.6. The molecule has 0 N–H and O–H groups in total. The molecule has 1 aliphatic heterocycles. The molecule has 7 rings (SSSR count). The lowest BCUT2D eigenvalue weighted by Crippen LogP contribution is -2.18. The first kappa shape index (κ1) is 44.9. The van der Waals surface area contributed by atoms with Crippen LogP contribution >= 0.6 is 16.8 Å². The molecule has 2 heterocycles. The smallest absolute Gasteiger partial charge is 0.497 e. The summed E-state index contributed by atoms with van der Waals surface area (Å²) < 4.78 is 52.4. The van der Waals surface area contributed by atoms with Gasteiger partial charge in [-0.2, -0.15) is 0 Å². The number of fused-ring (bicyclic) bond motifs is 4. The third kappa shape index (κ3) is 8.90. The Hall–Kier alpha value is -5.10. The highest BCUT2D eigenvalue weighted by atomic mass is 31.2. The van der Waals surface area contributed by atoms with E-state index in [1.54, 1.807) is 32.4 Å². The number of carbonyl (C=O) groups is 1. The minimum absolute atomic E-state index is 0.356. The van der Waals surface area contributed by atoms with Crippen molar-refractivity contribution in [2.45, 2.75) is 119 Å². The summed E-state index contributed by atoms with van der Waals surface area (Å²) in [5, 5.41) is 1.63. The van der Waals surface area contributed by atoms with Crippen LogP contribution in [0.5, 0.6) is 28.7 Å². The van der Waals surface area contributed by atoms with Gasteiger partial charge in [0.25, 0.3) is 0 Å². The molecule has 1 aromatic heterocycles. The van der Waals surface area contributed by atoms with Crippen LogP contribution < -0.4 is 23.0 Å². The molecule has 0 radical (unpaired) electrons. The van der Waals surface area contributed by atoms with Gasteiger partial charge in [-0.25, -0.2) is 4.79 Å². The minimum atomic E-state index is -2.19. The van der Waals surface area contributed by atoms with Crippen molar-refractivity contribution >= 4 is 44.8 Å². The third-order valence-corrected chi connectivity index (χ3v) is 13.0. The second-order valence-electron chi connectivity index (χ2n) is 20.3. The van der Waals surface area contributed by atoms with Gasteiger partial charge in [-0.15, -0.1) is 0 Å². The van der Waals surface area contributed by atoms with Crippen LogP contribution in [0.15, 0.2) is 81.2 Å². The van der Waals surface area contributed by atoms with Gasteiger partial charge in [0.15, 0.2) is 0 Å². The maximum Gasteiger partial charge on any atom is 0.532 e. The third-order valence-electron chi connectivity index (χ3n) is 11.0. The van der Waals surface area contributed by atoms with Crippen molar-refractivity contribution in [3.8, 4) is 39.9 Å². The van der Waals surface area contributed by atoms with Gasteiger partial charge in [0, 0.05) is 44.2 Å². The number of methoxy groups -OCH3 is 2. The molecule has 1 aliphatic rings. The Balaban J connectivity index is 1.57. The number of ether oxygens (including phenoxy) is 2. The first-order valence-corrected chi connectivity index (χ1v) is 23.1. The Kier molecular flexibility index (Phi) is 11.8. The fraction of sp³-hybridized carbons (Fsp3) is 0.392. The SMILES string of the molecule is COc1cc(C(C)(C)C)c2op(Oc3c(-c4cc(C)cc(C(C)(C)C)c4OP4OC(=O)c5ccccc5O4)cc(C)cc3C(C)(C)C)oc3c(C(C)(C)C)cc(OC)cc3c2c1. The number of rotatable bonds is 7. The van der Waals surface area contributed by atoms with Gasteiger partial charge < -0.3 is 36.0 Å². The van der Waals surface area contributed by atoms with E-state index in [-0.39, 0.29) is 16.2 Å². The standard InChI is InChI=1S/C51H60O9P2/c1-29-21-34(43(38(23-29)48(3,4)5)56-61-55-42-20-18-17-19-33(42)47(52)60-61)35-22-30(2)24-39(49(6,7)8)44(35)57-62-58-45-36(25-31(53-15)27-40(45)50(9,10)11)37-26-32(54-16)28-41(46(37)59-62)51(12,13)14/h17-28H,1-16H3. The largest absolute Gasteiger partial charge is 0.532 e. The molecule has 9 nitrogen and oxygen atoms in total. The number of benzene rings is 5. The summed E-state index contributed by atoms with van der Waals surface area (Å²) in [5.74, 6) is 2.44. The Bertz CT molecular complexity index is 2670. The highest BCUT2D eigenvalue weighted by Gasteiger charge is 2.36. The van der Waals surface area contributed by atoms with Crippen molar-refractivity contribution in [2.75, 3.05) is 14.2 Å². The average Bonchev–Trinajstić information content (AvgIpc) is 3.32. The Labute approximate surface area is 368 Å². The quantitative estimate of drug-likeness (QED) is 0.145. The van der Waals surface area contributed by atoms with E-state index in [1.165, 1.54) is 0 Å². The summed E-state index contributed by atoms with van der Waals surface area (Å²) in [6.07, 6.45) is 0. The van der Waals surface area contributed by atoms with E-state index in [4.69, 9.17) is 36.0 Å². The second-order valence-corrected chi connectivity index (χ2v) is 22.3. The van der Waals surface area contributed by atoms with E-state index in [9.17, 15) is 4.79 Å². The van der Waals surface area contributed by atoms with Gasteiger partial charge in [0.05, 0.1) is 14.2 Å². The van der Waals surface area contributed by atoms with Crippen molar-refractivity contribution in [1.29, 1.82) is 0 Å². The predicted molar refractivity (Wildman–Crippen MR) is 252 cm³/mol. The summed E-state index contributed by atoms with van der Waals surface area (Å²) in [7, 11) is -1.01. The maximum absolute atomic E-state index is 13.3. The molecule has 11 heteroatoms. The van der Waals surface area contributed by atoms with E-state index in [0.29, 0.717) is 45.5 Å². The first-order valence-electron chi connectivity index (χ1n) is 20.9. The Morgan fingerprint density at radius 1 is 0.500 bits per heavy atom. The van der Waals surface area contributed by atoms with Crippen molar-refractivity contribution < 1.29 is 40.8 Å². The fourth-order valence-electron chi connectivity index (χ4n) is 7.73. The topological polar surface area (TPSA) is 98.7 Å². The van der Waals surface area contributed by atoms with Crippen LogP contribution in [-0.2, 0) is 26.2 Å². The fourth-order valence-corrected chi connectivity index (χ4v) is 9.89. The highest BCUT2D eigenvalue weighted by molar-refractivity contribution is 7.43. The molecule has 5 aromatic carbocycles. The molecule has 62 heavy (non-hydrogen) atoms. The van der Waals surface area contributed by atoms with Crippen molar-refractivity contribution in [3.63, 3.8) is 0 Å². The maximum atomic E-state index is 13.3. The molecule has 0 fully saturated rings. The number of aryl methyl sites for hydroxylation is 2. The predicted octanol–water partition coefficient (Wildman–Crippen LogP) is 15.5. The van der Waals surface area contributed by atoms with Gasteiger partial charge in [-0.3, -0.25) is 0 Å². The molecule has 6 aromatic rings. The van der Waals surface area contributed by atoms with E-state index in [0.717, 1.165) is 55.3 Å². The van der Waals surface area contributed by atoms with Crippen LogP contribution in [-0.4, -0.2) is 20.2 Å². The molecule has 0 saturated carbocycles. The number of carbonyl (C=O) groups excluding carboxylic acids is 1. The van der Waals surface area contributed by atoms with Crippen LogP contribution in [0.4, 0.5) is 0 Å². The van der Waals surface area contributed by atoms with Gasteiger partial charge in [0.1, 0.15) is 45.5 Å². The zero-order chi connectivity index (χ0) is 45.3. The lowest BCUT2D eigenvalue weighted by molar-refractivity contribution is 0.0697. The first-order chi connectivity index (χ1) is 28.9. The van der Waals surface area contributed by atoms with Gasteiger partial charge in [0.2, 0.25) is 0 Å². The lowest BCUT2D eigenvalue weighted by atomic mass is 9.80. The number of para-hydroxylation sites is 1. The molecule has 0 spiro atoms. The van der Waals surface area contributed by atoms with Crippen LogP contribution in [0.2, 0.25) is 0 Å². The molecule has 1 unspecified atom stereocenters. The Morgan fingerprint density at radius 2 is 0.935 bits per heavy atom. The van der Waals surface area contributed by atoms with E-state index < -0.39 is 28.2 Å². The number of hydrogen-bond acceptors (Lipinski definition) is 9. The van der Waals surface area contributed by atoms with Crippen molar-refractivity contribution in [2.24, 2.45) is 0 Å². The molecule has 328 valence electrons. The molecule has 1 atom stereocenters. The van der Waals surface area contributed by atoms with Crippen molar-refractivity contribution in [1.82, 2.24) is 0 Å². The normalized spacial score (nSPS) is 14.6. The van der Waals surface area contributed by atoms with Crippen LogP contribution in [0, 0.1) is 13.8 Å². The Morgan fingerprint density at radius 3 is 1.37 bits per heavy atom. The second kappa shape index (κ2) is 16.2. The zero-order valence-electron chi connectivity index (χ0n) is 39.0. The summed E-state index contributed by atoms with van der Waals surface area (Å²) >= 11 is 0. The molecule has 0 saturated heterocycles. The lowest BCUT2D eigenvalue weighted by Gasteiger charge is -2.30. The minimum Gasteiger partial charge on any atom is -0.497 e. The summed E-state index contributed by atoms with van der Waals surface area (Å²) in [6.45, 7) is 30.0. The van der Waals surface area contributed by atoms with Gasteiger partial charge >= 0.3 is 22.8 Å².